The third kappa shape index (κ3) is 6.67. The fraction of sp³-hybridized carbons (Fsp3) is 0.650. The lowest BCUT2D eigenvalue weighted by Gasteiger charge is -2.32. The van der Waals surface area contributed by atoms with E-state index in [1.807, 2.05) is 7.05 Å². The Hall–Kier alpha value is -1.59. The zero-order chi connectivity index (χ0) is 18.1. The van der Waals surface area contributed by atoms with Gasteiger partial charge in [0.1, 0.15) is 0 Å². The standard InChI is InChI=1S/C20H35N5/c1-18-9-5-6-10-19(18)17-24(4)20(21-2)22-11-7-8-12-25-15-13-23(3)14-16-25/h5-6,9-10H,7-8,11-17H2,1-4H3,(H,21,22). The Balaban J connectivity index is 1.65. The van der Waals surface area contributed by atoms with Gasteiger partial charge in [-0.1, -0.05) is 24.3 Å². The lowest BCUT2D eigenvalue weighted by Crippen LogP contribution is -2.44. The molecule has 0 aromatic heterocycles. The van der Waals surface area contributed by atoms with Crippen molar-refractivity contribution in [2.24, 2.45) is 4.99 Å². The Labute approximate surface area is 153 Å². The first-order valence-corrected chi connectivity index (χ1v) is 9.47. The summed E-state index contributed by atoms with van der Waals surface area (Å²) in [6.45, 7) is 10.1. The van der Waals surface area contributed by atoms with Crippen LogP contribution in [-0.4, -0.2) is 81.1 Å². The van der Waals surface area contributed by atoms with E-state index < -0.39 is 0 Å². The molecule has 1 fully saturated rings. The normalized spacial score (nSPS) is 16.9. The summed E-state index contributed by atoms with van der Waals surface area (Å²) in [5.41, 5.74) is 2.68. The topological polar surface area (TPSA) is 34.1 Å². The quantitative estimate of drug-likeness (QED) is 0.466. The van der Waals surface area contributed by atoms with Crippen molar-refractivity contribution in [3.63, 3.8) is 0 Å². The van der Waals surface area contributed by atoms with Crippen LogP contribution in [0.2, 0.25) is 0 Å². The number of hydrogen-bond acceptors (Lipinski definition) is 3. The summed E-state index contributed by atoms with van der Waals surface area (Å²) in [6, 6.07) is 8.55. The van der Waals surface area contributed by atoms with Gasteiger partial charge in [0.05, 0.1) is 0 Å². The van der Waals surface area contributed by atoms with Gasteiger partial charge in [0, 0.05) is 53.4 Å². The SMILES string of the molecule is CN=C(NCCCCN1CCN(C)CC1)N(C)Cc1ccccc1C. The first-order chi connectivity index (χ1) is 12.1. The van der Waals surface area contributed by atoms with Gasteiger partial charge in [-0.15, -0.1) is 0 Å². The number of hydrogen-bond donors (Lipinski definition) is 1. The number of nitrogens with zero attached hydrogens (tertiary/aromatic N) is 4. The van der Waals surface area contributed by atoms with Crippen molar-refractivity contribution >= 4 is 5.96 Å². The summed E-state index contributed by atoms with van der Waals surface area (Å²) in [6.07, 6.45) is 2.43. The van der Waals surface area contributed by atoms with Crippen LogP contribution in [0, 0.1) is 6.92 Å². The molecule has 0 bridgehead atoms. The number of rotatable bonds is 7. The second kappa shape index (κ2) is 10.4. The van der Waals surface area contributed by atoms with E-state index >= 15 is 0 Å². The smallest absolute Gasteiger partial charge is 0.193 e. The maximum atomic E-state index is 4.43. The number of aliphatic imine (C=N–C) groups is 1. The summed E-state index contributed by atoms with van der Waals surface area (Å²) in [5, 5.41) is 3.50. The van der Waals surface area contributed by atoms with Crippen molar-refractivity contribution in [3.05, 3.63) is 35.4 Å². The molecule has 140 valence electrons. The van der Waals surface area contributed by atoms with Gasteiger partial charge in [0.2, 0.25) is 0 Å². The van der Waals surface area contributed by atoms with Crippen LogP contribution in [0.3, 0.4) is 0 Å². The van der Waals surface area contributed by atoms with E-state index in [0.29, 0.717) is 0 Å². The van der Waals surface area contributed by atoms with E-state index in [9.17, 15) is 0 Å². The van der Waals surface area contributed by atoms with Crippen molar-refractivity contribution in [2.75, 3.05) is 60.4 Å². The van der Waals surface area contributed by atoms with Crippen molar-refractivity contribution < 1.29 is 0 Å². The van der Waals surface area contributed by atoms with Crippen molar-refractivity contribution in [2.45, 2.75) is 26.3 Å². The van der Waals surface area contributed by atoms with Crippen LogP contribution in [0.5, 0.6) is 0 Å². The fourth-order valence-electron chi connectivity index (χ4n) is 3.23. The van der Waals surface area contributed by atoms with Gasteiger partial charge >= 0.3 is 0 Å². The molecule has 1 aromatic carbocycles. The zero-order valence-corrected chi connectivity index (χ0v) is 16.5. The van der Waals surface area contributed by atoms with Crippen LogP contribution in [0.15, 0.2) is 29.3 Å². The highest BCUT2D eigenvalue weighted by atomic mass is 15.3. The molecule has 5 heteroatoms. The number of benzene rings is 1. The van der Waals surface area contributed by atoms with E-state index in [0.717, 1.165) is 19.0 Å². The first kappa shape index (κ1) is 19.7. The monoisotopic (exact) mass is 345 g/mol. The molecular weight excluding hydrogens is 310 g/mol. The lowest BCUT2D eigenvalue weighted by molar-refractivity contribution is 0.152. The molecule has 1 aromatic rings. The Morgan fingerprint density at radius 2 is 1.88 bits per heavy atom. The molecular formula is C20H35N5. The number of guanidine groups is 1. The molecule has 0 radical (unpaired) electrons. The highest BCUT2D eigenvalue weighted by Gasteiger charge is 2.13. The predicted octanol–water partition coefficient (Wildman–Crippen LogP) is 2.03. The lowest BCUT2D eigenvalue weighted by atomic mass is 10.1. The van der Waals surface area contributed by atoms with Crippen LogP contribution in [0.25, 0.3) is 0 Å². The number of aryl methyl sites for hydroxylation is 1. The molecule has 25 heavy (non-hydrogen) atoms. The molecule has 0 spiro atoms. The van der Waals surface area contributed by atoms with Crippen LogP contribution < -0.4 is 5.32 Å². The molecule has 1 aliphatic heterocycles. The molecule has 2 rings (SSSR count). The summed E-state index contributed by atoms with van der Waals surface area (Å²) >= 11 is 0. The van der Waals surface area contributed by atoms with E-state index in [-0.39, 0.29) is 0 Å². The highest BCUT2D eigenvalue weighted by Crippen LogP contribution is 2.09. The van der Waals surface area contributed by atoms with Gasteiger partial charge < -0.3 is 20.0 Å². The predicted molar refractivity (Wildman–Crippen MR) is 107 cm³/mol. The maximum absolute atomic E-state index is 4.43. The van der Waals surface area contributed by atoms with Gasteiger partial charge in [0.15, 0.2) is 5.96 Å². The number of piperazine rings is 1. The summed E-state index contributed by atoms with van der Waals surface area (Å²) in [5.74, 6) is 0.975. The van der Waals surface area contributed by atoms with Crippen LogP contribution in [-0.2, 0) is 6.54 Å². The highest BCUT2D eigenvalue weighted by molar-refractivity contribution is 5.79. The minimum absolute atomic E-state index is 0.883. The summed E-state index contributed by atoms with van der Waals surface area (Å²) < 4.78 is 0. The second-order valence-electron chi connectivity index (χ2n) is 7.11. The van der Waals surface area contributed by atoms with Crippen molar-refractivity contribution in [1.82, 2.24) is 20.0 Å². The summed E-state index contributed by atoms with van der Waals surface area (Å²) in [7, 11) is 6.17. The number of nitrogens with one attached hydrogen (secondary N) is 1. The minimum Gasteiger partial charge on any atom is -0.356 e. The molecule has 1 saturated heterocycles. The molecule has 0 aliphatic carbocycles. The van der Waals surface area contributed by atoms with Gasteiger partial charge in [-0.25, -0.2) is 0 Å². The molecule has 0 unspecified atom stereocenters. The van der Waals surface area contributed by atoms with Gasteiger partial charge in [-0.2, -0.15) is 0 Å². The minimum atomic E-state index is 0.883. The molecule has 1 N–H and O–H groups in total. The molecule has 0 saturated carbocycles. The Kier molecular flexibility index (Phi) is 8.22. The molecule has 0 amide bonds. The van der Waals surface area contributed by atoms with E-state index in [2.05, 4.69) is 70.3 Å². The third-order valence-electron chi connectivity index (χ3n) is 5.02. The van der Waals surface area contributed by atoms with Crippen molar-refractivity contribution in [3.8, 4) is 0 Å². The average molecular weight is 346 g/mol. The molecule has 0 atom stereocenters. The van der Waals surface area contributed by atoms with Crippen LogP contribution in [0.1, 0.15) is 24.0 Å². The average Bonchev–Trinajstić information content (AvgIpc) is 2.61. The van der Waals surface area contributed by atoms with Crippen molar-refractivity contribution in [1.29, 1.82) is 0 Å². The molecule has 1 aliphatic rings. The molecule has 5 nitrogen and oxygen atoms in total. The largest absolute Gasteiger partial charge is 0.356 e. The Bertz CT molecular complexity index is 535. The summed E-state index contributed by atoms with van der Waals surface area (Å²) in [4.78, 5) is 11.6. The number of unbranched alkanes of at least 4 members (excludes halogenated alkanes) is 1. The van der Waals surface area contributed by atoms with E-state index in [1.54, 1.807) is 0 Å². The van der Waals surface area contributed by atoms with Crippen LogP contribution in [0.4, 0.5) is 0 Å². The first-order valence-electron chi connectivity index (χ1n) is 9.47. The van der Waals surface area contributed by atoms with Gasteiger partial charge in [0.25, 0.3) is 0 Å². The van der Waals surface area contributed by atoms with Crippen LogP contribution >= 0.6 is 0 Å². The van der Waals surface area contributed by atoms with Gasteiger partial charge in [-0.3, -0.25) is 4.99 Å². The zero-order valence-electron chi connectivity index (χ0n) is 16.5. The maximum Gasteiger partial charge on any atom is 0.193 e. The van der Waals surface area contributed by atoms with Gasteiger partial charge in [-0.05, 0) is 44.5 Å². The Morgan fingerprint density at radius 3 is 2.56 bits per heavy atom. The molecule has 1 heterocycles. The Morgan fingerprint density at radius 1 is 1.16 bits per heavy atom. The number of likely N-dealkylation sites (N-methyl/N-ethyl adjacent to an activating group) is 1. The fourth-order valence-corrected chi connectivity index (χ4v) is 3.23. The van der Waals surface area contributed by atoms with E-state index in [4.69, 9.17) is 0 Å². The third-order valence-corrected chi connectivity index (χ3v) is 5.02. The second-order valence-corrected chi connectivity index (χ2v) is 7.11. The van der Waals surface area contributed by atoms with E-state index in [1.165, 1.54) is 56.7 Å².